The van der Waals surface area contributed by atoms with Gasteiger partial charge < -0.3 is 9.47 Å². The molecule has 4 nitrogen and oxygen atoms in total. The van der Waals surface area contributed by atoms with E-state index in [-0.39, 0.29) is 0 Å². The average molecular weight is 445 g/mol. The second-order valence-electron chi connectivity index (χ2n) is 7.89. The molecule has 0 radical (unpaired) electrons. The summed E-state index contributed by atoms with van der Waals surface area (Å²) in [5, 5.41) is 11.1. The van der Waals surface area contributed by atoms with Crippen molar-refractivity contribution < 1.29 is 9.47 Å². The summed E-state index contributed by atoms with van der Waals surface area (Å²) in [6.07, 6.45) is 4.00. The zero-order chi connectivity index (χ0) is 23.0. The molecular weight excluding hydrogens is 420 g/mol. The van der Waals surface area contributed by atoms with Crippen LogP contribution in [-0.4, -0.2) is 10.2 Å². The summed E-state index contributed by atoms with van der Waals surface area (Å²) in [5.74, 6) is 0.939. The van der Waals surface area contributed by atoms with Crippen LogP contribution in [0.1, 0.15) is 22.4 Å². The van der Waals surface area contributed by atoms with Gasteiger partial charge in [0.25, 0.3) is 5.88 Å². The van der Waals surface area contributed by atoms with Gasteiger partial charge in [0.2, 0.25) is 0 Å². The maximum absolute atomic E-state index is 6.11. The Labute approximate surface area is 199 Å². The minimum Gasteiger partial charge on any atom is -0.483 e. The molecule has 4 heteroatoms. The lowest BCUT2D eigenvalue weighted by Crippen LogP contribution is -2.04. The van der Waals surface area contributed by atoms with Crippen molar-refractivity contribution in [2.75, 3.05) is 0 Å². The van der Waals surface area contributed by atoms with E-state index in [9.17, 15) is 0 Å². The lowest BCUT2D eigenvalue weighted by atomic mass is 10.0. The third-order valence-electron chi connectivity index (χ3n) is 5.46. The largest absolute Gasteiger partial charge is 0.483 e. The van der Waals surface area contributed by atoms with Crippen LogP contribution in [0.25, 0.3) is 22.9 Å². The molecule has 0 N–H and O–H groups in total. The highest BCUT2D eigenvalue weighted by Crippen LogP contribution is 2.27. The zero-order valence-electron chi connectivity index (χ0n) is 18.7. The minimum atomic E-state index is 0.377. The molecule has 0 atom stereocenters. The Kier molecular flexibility index (Phi) is 6.58. The van der Waals surface area contributed by atoms with E-state index in [4.69, 9.17) is 9.47 Å². The molecule has 0 aliphatic carbocycles. The lowest BCUT2D eigenvalue weighted by molar-refractivity contribution is 0.244. The SMILES string of the molecule is C(=Cc1cccc2ccccc12)c1cc(OCc2ccccc2)c(OCc2ccccc2)nn1. The predicted octanol–water partition coefficient (Wildman–Crippen LogP) is 6.96. The second-order valence-corrected chi connectivity index (χ2v) is 7.89. The summed E-state index contributed by atoms with van der Waals surface area (Å²) >= 11 is 0. The summed E-state index contributed by atoms with van der Waals surface area (Å²) in [6, 6.07) is 36.5. The van der Waals surface area contributed by atoms with Crippen molar-refractivity contribution in [3.8, 4) is 11.6 Å². The maximum Gasteiger partial charge on any atom is 0.276 e. The second kappa shape index (κ2) is 10.5. The standard InChI is InChI=1S/C30H24N2O2/c1-3-10-23(11-4-1)21-33-29-20-27(31-32-30(29)34-22-24-12-5-2-6-13-24)19-18-26-16-9-15-25-14-7-8-17-28(25)26/h1-20H,21-22H2. The van der Waals surface area contributed by atoms with E-state index in [0.29, 0.717) is 30.5 Å². The fourth-order valence-electron chi connectivity index (χ4n) is 3.69. The van der Waals surface area contributed by atoms with Gasteiger partial charge in [0, 0.05) is 6.07 Å². The molecule has 0 amide bonds. The monoisotopic (exact) mass is 444 g/mol. The summed E-state index contributed by atoms with van der Waals surface area (Å²) in [5.41, 5.74) is 3.94. The highest BCUT2D eigenvalue weighted by atomic mass is 16.5. The number of benzene rings is 4. The van der Waals surface area contributed by atoms with Gasteiger partial charge in [-0.2, -0.15) is 0 Å². The Hall–Kier alpha value is -4.44. The van der Waals surface area contributed by atoms with Crippen LogP contribution in [0.15, 0.2) is 109 Å². The normalized spacial score (nSPS) is 11.1. The summed E-state index contributed by atoms with van der Waals surface area (Å²) < 4.78 is 12.1. The molecule has 0 aliphatic heterocycles. The molecule has 34 heavy (non-hydrogen) atoms. The van der Waals surface area contributed by atoms with E-state index >= 15 is 0 Å². The van der Waals surface area contributed by atoms with Crippen molar-refractivity contribution in [1.29, 1.82) is 0 Å². The Morgan fingerprint density at radius 3 is 2.00 bits per heavy atom. The van der Waals surface area contributed by atoms with Crippen molar-refractivity contribution in [2.45, 2.75) is 13.2 Å². The van der Waals surface area contributed by atoms with E-state index in [1.165, 1.54) is 10.8 Å². The quantitative estimate of drug-likeness (QED) is 0.260. The van der Waals surface area contributed by atoms with E-state index in [1.807, 2.05) is 84.9 Å². The first-order valence-corrected chi connectivity index (χ1v) is 11.2. The van der Waals surface area contributed by atoms with Gasteiger partial charge in [0.1, 0.15) is 13.2 Å². The third kappa shape index (κ3) is 5.30. The molecule has 0 saturated heterocycles. The van der Waals surface area contributed by atoms with Crippen LogP contribution in [0, 0.1) is 0 Å². The topological polar surface area (TPSA) is 44.2 Å². The minimum absolute atomic E-state index is 0.377. The van der Waals surface area contributed by atoms with Crippen molar-refractivity contribution in [3.63, 3.8) is 0 Å². The predicted molar refractivity (Wildman–Crippen MR) is 136 cm³/mol. The highest BCUT2D eigenvalue weighted by molar-refractivity contribution is 5.92. The Morgan fingerprint density at radius 2 is 1.24 bits per heavy atom. The van der Waals surface area contributed by atoms with Crippen LogP contribution in [0.2, 0.25) is 0 Å². The van der Waals surface area contributed by atoms with Crippen molar-refractivity contribution in [1.82, 2.24) is 10.2 Å². The smallest absolute Gasteiger partial charge is 0.276 e. The highest BCUT2D eigenvalue weighted by Gasteiger charge is 2.11. The van der Waals surface area contributed by atoms with Crippen LogP contribution in [0.3, 0.4) is 0 Å². The molecule has 5 aromatic rings. The number of aromatic nitrogens is 2. The Morgan fingerprint density at radius 1 is 0.588 bits per heavy atom. The van der Waals surface area contributed by atoms with Gasteiger partial charge in [-0.3, -0.25) is 0 Å². The molecule has 166 valence electrons. The van der Waals surface area contributed by atoms with E-state index in [1.54, 1.807) is 0 Å². The Balaban J connectivity index is 1.40. The third-order valence-corrected chi connectivity index (χ3v) is 5.46. The first kappa shape index (κ1) is 21.4. The Bertz CT molecular complexity index is 1390. The molecule has 0 fully saturated rings. The number of fused-ring (bicyclic) bond motifs is 1. The molecule has 1 aromatic heterocycles. The van der Waals surface area contributed by atoms with Crippen molar-refractivity contribution in [2.24, 2.45) is 0 Å². The average Bonchev–Trinajstić information content (AvgIpc) is 2.91. The molecule has 0 bridgehead atoms. The van der Waals surface area contributed by atoms with Gasteiger partial charge in [-0.25, -0.2) is 0 Å². The number of ether oxygens (including phenoxy) is 2. The molecular formula is C30H24N2O2. The van der Waals surface area contributed by atoms with E-state index in [0.717, 1.165) is 16.7 Å². The molecule has 0 spiro atoms. The first-order valence-electron chi connectivity index (χ1n) is 11.2. The molecule has 1 heterocycles. The zero-order valence-corrected chi connectivity index (χ0v) is 18.7. The maximum atomic E-state index is 6.11. The van der Waals surface area contributed by atoms with Gasteiger partial charge >= 0.3 is 0 Å². The van der Waals surface area contributed by atoms with Gasteiger partial charge in [-0.05, 0) is 33.5 Å². The molecule has 4 aromatic carbocycles. The molecule has 0 aliphatic rings. The number of hydrogen-bond acceptors (Lipinski definition) is 4. The molecule has 5 rings (SSSR count). The van der Waals surface area contributed by atoms with E-state index in [2.05, 4.69) is 46.6 Å². The summed E-state index contributed by atoms with van der Waals surface area (Å²) in [6.45, 7) is 0.809. The van der Waals surface area contributed by atoms with E-state index < -0.39 is 0 Å². The van der Waals surface area contributed by atoms with Crippen LogP contribution >= 0.6 is 0 Å². The fraction of sp³-hybridized carbons (Fsp3) is 0.0667. The fourth-order valence-corrected chi connectivity index (χ4v) is 3.69. The molecule has 0 unspecified atom stereocenters. The first-order chi connectivity index (χ1) is 16.8. The summed E-state index contributed by atoms with van der Waals surface area (Å²) in [7, 11) is 0. The van der Waals surface area contributed by atoms with Gasteiger partial charge in [-0.1, -0.05) is 109 Å². The van der Waals surface area contributed by atoms with Gasteiger partial charge in [0.05, 0.1) is 5.69 Å². The number of rotatable bonds is 8. The van der Waals surface area contributed by atoms with Crippen molar-refractivity contribution in [3.05, 3.63) is 132 Å². The lowest BCUT2D eigenvalue weighted by Gasteiger charge is -2.12. The van der Waals surface area contributed by atoms with Crippen LogP contribution in [-0.2, 0) is 13.2 Å². The van der Waals surface area contributed by atoms with Crippen LogP contribution in [0.4, 0.5) is 0 Å². The van der Waals surface area contributed by atoms with Crippen molar-refractivity contribution >= 4 is 22.9 Å². The number of hydrogen-bond donors (Lipinski definition) is 0. The van der Waals surface area contributed by atoms with Gasteiger partial charge in [0.15, 0.2) is 5.75 Å². The van der Waals surface area contributed by atoms with Crippen LogP contribution < -0.4 is 9.47 Å². The number of nitrogens with zero attached hydrogens (tertiary/aromatic N) is 2. The van der Waals surface area contributed by atoms with Gasteiger partial charge in [-0.15, -0.1) is 10.2 Å². The molecule has 0 saturated carbocycles. The van der Waals surface area contributed by atoms with Crippen LogP contribution in [0.5, 0.6) is 11.6 Å². The summed E-state index contributed by atoms with van der Waals surface area (Å²) in [4.78, 5) is 0.